The van der Waals surface area contributed by atoms with Crippen LogP contribution in [0.4, 0.5) is 17.6 Å². The number of alkyl halides is 3. The number of hydrogen-bond acceptors (Lipinski definition) is 1. The van der Waals surface area contributed by atoms with Gasteiger partial charge in [-0.25, -0.2) is 4.39 Å². The van der Waals surface area contributed by atoms with E-state index in [1.54, 1.807) is 0 Å². The van der Waals surface area contributed by atoms with Gasteiger partial charge in [-0.1, -0.05) is 26.7 Å². The molecule has 1 aromatic rings. The fourth-order valence-electron chi connectivity index (χ4n) is 1.95. The SMILES string of the molecule is CC(C)CCCCNCc1cc(F)cc(C(F)(F)F)c1. The van der Waals surface area contributed by atoms with E-state index < -0.39 is 17.6 Å². The molecule has 20 heavy (non-hydrogen) atoms. The Bertz CT molecular complexity index is 413. The maximum Gasteiger partial charge on any atom is 0.416 e. The predicted molar refractivity (Wildman–Crippen MR) is 71.8 cm³/mol. The molecular weight excluding hydrogens is 270 g/mol. The van der Waals surface area contributed by atoms with Crippen molar-refractivity contribution in [3.05, 3.63) is 35.1 Å². The van der Waals surface area contributed by atoms with Crippen LogP contribution in [0.25, 0.3) is 0 Å². The second kappa shape index (κ2) is 7.62. The molecule has 114 valence electrons. The molecule has 0 bridgehead atoms. The van der Waals surface area contributed by atoms with Crippen molar-refractivity contribution in [2.75, 3.05) is 6.54 Å². The molecule has 0 fully saturated rings. The standard InChI is InChI=1S/C15H21F4N/c1-11(2)5-3-4-6-20-10-12-7-13(15(17,18)19)9-14(16)8-12/h7-9,11,20H,3-6,10H2,1-2H3. The Morgan fingerprint density at radius 3 is 2.40 bits per heavy atom. The monoisotopic (exact) mass is 291 g/mol. The van der Waals surface area contributed by atoms with Crippen molar-refractivity contribution < 1.29 is 17.6 Å². The van der Waals surface area contributed by atoms with Gasteiger partial charge < -0.3 is 5.32 Å². The Kier molecular flexibility index (Phi) is 6.46. The summed E-state index contributed by atoms with van der Waals surface area (Å²) in [4.78, 5) is 0. The fraction of sp³-hybridized carbons (Fsp3) is 0.600. The Morgan fingerprint density at radius 1 is 1.10 bits per heavy atom. The van der Waals surface area contributed by atoms with Gasteiger partial charge in [-0.05, 0) is 42.6 Å². The van der Waals surface area contributed by atoms with Crippen molar-refractivity contribution in [3.8, 4) is 0 Å². The highest BCUT2D eigenvalue weighted by Gasteiger charge is 2.31. The largest absolute Gasteiger partial charge is 0.416 e. The second-order valence-electron chi connectivity index (χ2n) is 5.41. The third-order valence-electron chi connectivity index (χ3n) is 3.00. The number of rotatable bonds is 7. The van der Waals surface area contributed by atoms with Crippen LogP contribution in [-0.4, -0.2) is 6.54 Å². The third-order valence-corrected chi connectivity index (χ3v) is 3.00. The number of halogens is 4. The minimum absolute atomic E-state index is 0.252. The van der Waals surface area contributed by atoms with Crippen molar-refractivity contribution >= 4 is 0 Å². The number of unbranched alkanes of at least 4 members (excludes halogenated alkanes) is 1. The Balaban J connectivity index is 2.42. The zero-order valence-corrected chi connectivity index (χ0v) is 11.9. The molecule has 0 saturated heterocycles. The molecule has 0 saturated carbocycles. The minimum Gasteiger partial charge on any atom is -0.313 e. The highest BCUT2D eigenvalue weighted by atomic mass is 19.4. The quantitative estimate of drug-likeness (QED) is 0.564. The van der Waals surface area contributed by atoms with Crippen LogP contribution in [0.5, 0.6) is 0 Å². The minimum atomic E-state index is -4.51. The van der Waals surface area contributed by atoms with E-state index in [4.69, 9.17) is 0 Å². The number of benzene rings is 1. The summed E-state index contributed by atoms with van der Waals surface area (Å²) in [5.74, 6) is -0.191. The number of hydrogen-bond donors (Lipinski definition) is 1. The fourth-order valence-corrected chi connectivity index (χ4v) is 1.95. The van der Waals surface area contributed by atoms with Gasteiger partial charge in [0.25, 0.3) is 0 Å². The molecule has 0 amide bonds. The van der Waals surface area contributed by atoms with Gasteiger partial charge in [0.1, 0.15) is 5.82 Å². The van der Waals surface area contributed by atoms with Gasteiger partial charge in [0.05, 0.1) is 5.56 Å². The van der Waals surface area contributed by atoms with Crippen LogP contribution in [0.1, 0.15) is 44.2 Å². The van der Waals surface area contributed by atoms with E-state index in [2.05, 4.69) is 19.2 Å². The van der Waals surface area contributed by atoms with Gasteiger partial charge in [0.15, 0.2) is 0 Å². The van der Waals surface area contributed by atoms with Gasteiger partial charge in [0, 0.05) is 6.54 Å². The van der Waals surface area contributed by atoms with E-state index in [0.717, 1.165) is 37.9 Å². The summed E-state index contributed by atoms with van der Waals surface area (Å²) < 4.78 is 50.7. The molecule has 1 nitrogen and oxygen atoms in total. The van der Waals surface area contributed by atoms with Crippen molar-refractivity contribution in [3.63, 3.8) is 0 Å². The van der Waals surface area contributed by atoms with Crippen LogP contribution in [0.3, 0.4) is 0 Å². The van der Waals surface area contributed by atoms with Crippen molar-refractivity contribution in [2.24, 2.45) is 5.92 Å². The van der Waals surface area contributed by atoms with E-state index in [-0.39, 0.29) is 6.54 Å². The van der Waals surface area contributed by atoms with Crippen LogP contribution in [0.15, 0.2) is 18.2 Å². The summed E-state index contributed by atoms with van der Waals surface area (Å²) in [5.41, 5.74) is -0.615. The normalized spacial score (nSPS) is 12.2. The lowest BCUT2D eigenvalue weighted by Crippen LogP contribution is -2.16. The van der Waals surface area contributed by atoms with Gasteiger partial charge >= 0.3 is 6.18 Å². The van der Waals surface area contributed by atoms with E-state index >= 15 is 0 Å². The van der Waals surface area contributed by atoms with E-state index in [0.29, 0.717) is 17.5 Å². The second-order valence-corrected chi connectivity index (χ2v) is 5.41. The molecule has 0 aromatic heterocycles. The Labute approximate surface area is 117 Å². The van der Waals surface area contributed by atoms with Crippen LogP contribution in [0, 0.1) is 11.7 Å². The average molecular weight is 291 g/mol. The predicted octanol–water partition coefficient (Wildman–Crippen LogP) is 4.76. The van der Waals surface area contributed by atoms with Crippen LogP contribution < -0.4 is 5.32 Å². The van der Waals surface area contributed by atoms with Gasteiger partial charge in [-0.2, -0.15) is 13.2 Å². The summed E-state index contributed by atoms with van der Waals surface area (Å²) in [6.07, 6.45) is -1.31. The van der Waals surface area contributed by atoms with Gasteiger partial charge in [-0.15, -0.1) is 0 Å². The van der Waals surface area contributed by atoms with Crippen molar-refractivity contribution in [1.82, 2.24) is 5.32 Å². The van der Waals surface area contributed by atoms with Crippen molar-refractivity contribution in [1.29, 1.82) is 0 Å². The molecule has 1 aromatic carbocycles. The molecule has 0 heterocycles. The first-order chi connectivity index (χ1) is 9.29. The lowest BCUT2D eigenvalue weighted by atomic mass is 10.1. The Hall–Kier alpha value is -1.10. The summed E-state index contributed by atoms with van der Waals surface area (Å²) in [6, 6.07) is 2.65. The van der Waals surface area contributed by atoms with E-state index in [9.17, 15) is 17.6 Å². The molecule has 0 spiro atoms. The third kappa shape index (κ3) is 6.37. The van der Waals surface area contributed by atoms with Gasteiger partial charge in [0.2, 0.25) is 0 Å². The number of nitrogens with one attached hydrogen (secondary N) is 1. The average Bonchev–Trinajstić information content (AvgIpc) is 2.31. The van der Waals surface area contributed by atoms with Crippen LogP contribution in [0.2, 0.25) is 0 Å². The molecule has 0 radical (unpaired) electrons. The van der Waals surface area contributed by atoms with Crippen LogP contribution in [-0.2, 0) is 12.7 Å². The molecule has 1 N–H and O–H groups in total. The van der Waals surface area contributed by atoms with Crippen LogP contribution >= 0.6 is 0 Å². The summed E-state index contributed by atoms with van der Waals surface area (Å²) >= 11 is 0. The lowest BCUT2D eigenvalue weighted by molar-refractivity contribution is -0.137. The highest BCUT2D eigenvalue weighted by molar-refractivity contribution is 5.26. The first-order valence-electron chi connectivity index (χ1n) is 6.86. The summed E-state index contributed by atoms with van der Waals surface area (Å²) in [5, 5.41) is 3.05. The topological polar surface area (TPSA) is 12.0 Å². The smallest absolute Gasteiger partial charge is 0.313 e. The van der Waals surface area contributed by atoms with E-state index in [1.165, 1.54) is 0 Å². The first-order valence-corrected chi connectivity index (χ1v) is 6.86. The molecular formula is C15H21F4N. The summed E-state index contributed by atoms with van der Waals surface area (Å²) in [6.45, 7) is 5.28. The maximum atomic E-state index is 13.1. The van der Waals surface area contributed by atoms with Gasteiger partial charge in [-0.3, -0.25) is 0 Å². The molecule has 0 aliphatic rings. The first kappa shape index (κ1) is 17.0. The lowest BCUT2D eigenvalue weighted by Gasteiger charge is -2.10. The van der Waals surface area contributed by atoms with Crippen molar-refractivity contribution in [2.45, 2.75) is 45.8 Å². The maximum absolute atomic E-state index is 13.1. The molecule has 0 aliphatic heterocycles. The molecule has 1 rings (SSSR count). The summed E-state index contributed by atoms with van der Waals surface area (Å²) in [7, 11) is 0. The highest BCUT2D eigenvalue weighted by Crippen LogP contribution is 2.30. The molecule has 0 aliphatic carbocycles. The zero-order valence-electron chi connectivity index (χ0n) is 11.9. The molecule has 5 heteroatoms. The Morgan fingerprint density at radius 2 is 1.80 bits per heavy atom. The van der Waals surface area contributed by atoms with E-state index in [1.807, 2.05) is 0 Å². The zero-order chi connectivity index (χ0) is 15.2. The molecule has 0 atom stereocenters. The molecule has 0 unspecified atom stereocenters.